The van der Waals surface area contributed by atoms with Gasteiger partial charge >= 0.3 is 0 Å². The molecule has 0 aromatic heterocycles. The number of rotatable bonds is 4. The minimum atomic E-state index is -0.202. The molecule has 5 nitrogen and oxygen atoms in total. The number of nitrogens with zero attached hydrogens (tertiary/aromatic N) is 1. The van der Waals surface area contributed by atoms with E-state index in [0.717, 1.165) is 10.2 Å². The molecule has 0 atom stereocenters. The van der Waals surface area contributed by atoms with Crippen LogP contribution in [-0.4, -0.2) is 25.0 Å². The Bertz CT molecular complexity index is 820. The second-order valence-corrected chi connectivity index (χ2v) is 7.25. The van der Waals surface area contributed by atoms with E-state index in [1.54, 1.807) is 29.2 Å². The quantitative estimate of drug-likeness (QED) is 0.837. The average molecular weight is 403 g/mol. The van der Waals surface area contributed by atoms with Gasteiger partial charge in [0, 0.05) is 28.3 Å². The Morgan fingerprint density at radius 2 is 2.08 bits per heavy atom. The van der Waals surface area contributed by atoms with Crippen molar-refractivity contribution < 1.29 is 14.3 Å². The zero-order chi connectivity index (χ0) is 18.0. The first-order chi connectivity index (χ1) is 11.9. The molecule has 1 aliphatic rings. The number of ether oxygens (including phenoxy) is 1. The van der Waals surface area contributed by atoms with Gasteiger partial charge in [-0.05, 0) is 36.2 Å². The lowest BCUT2D eigenvalue weighted by atomic mass is 10.1. The topological polar surface area (TPSA) is 58.6 Å². The van der Waals surface area contributed by atoms with Crippen LogP contribution in [0.5, 0.6) is 5.75 Å². The first-order valence-corrected chi connectivity index (χ1v) is 8.87. The number of anilines is 2. The van der Waals surface area contributed by atoms with Gasteiger partial charge in [-0.1, -0.05) is 35.8 Å². The number of carbonyl (C=O) groups is 2. The first kappa shape index (κ1) is 17.5. The highest BCUT2D eigenvalue weighted by Crippen LogP contribution is 2.35. The summed E-state index contributed by atoms with van der Waals surface area (Å²) in [6.07, 6.45) is 0. The molecule has 0 fully saturated rings. The van der Waals surface area contributed by atoms with Crippen LogP contribution in [0.25, 0.3) is 0 Å². The van der Waals surface area contributed by atoms with Crippen LogP contribution in [0.4, 0.5) is 11.4 Å². The van der Waals surface area contributed by atoms with Crippen molar-refractivity contribution in [2.24, 2.45) is 5.92 Å². The van der Waals surface area contributed by atoms with Crippen molar-refractivity contribution in [3.8, 4) is 5.75 Å². The van der Waals surface area contributed by atoms with Crippen molar-refractivity contribution in [3.63, 3.8) is 0 Å². The van der Waals surface area contributed by atoms with Crippen LogP contribution in [-0.2, 0) is 4.79 Å². The highest BCUT2D eigenvalue weighted by atomic mass is 79.9. The smallest absolute Gasteiger partial charge is 0.265 e. The predicted molar refractivity (Wildman–Crippen MR) is 101 cm³/mol. The van der Waals surface area contributed by atoms with Crippen molar-refractivity contribution in [1.29, 1.82) is 0 Å². The van der Waals surface area contributed by atoms with Crippen LogP contribution in [0.3, 0.4) is 0 Å². The number of benzene rings is 2. The summed E-state index contributed by atoms with van der Waals surface area (Å²) >= 11 is 3.36. The average Bonchev–Trinajstić information content (AvgIpc) is 2.57. The van der Waals surface area contributed by atoms with E-state index in [9.17, 15) is 9.59 Å². The van der Waals surface area contributed by atoms with Crippen molar-refractivity contribution in [1.82, 2.24) is 0 Å². The molecular formula is C19H19BrN2O3. The second-order valence-electron chi connectivity index (χ2n) is 6.33. The number of carbonyl (C=O) groups excluding carboxylic acids is 2. The summed E-state index contributed by atoms with van der Waals surface area (Å²) in [5.74, 6) is 0.706. The number of amides is 2. The molecule has 1 aliphatic heterocycles. The van der Waals surface area contributed by atoms with Crippen LogP contribution in [0.15, 0.2) is 46.9 Å². The summed E-state index contributed by atoms with van der Waals surface area (Å²) in [4.78, 5) is 26.2. The van der Waals surface area contributed by atoms with E-state index >= 15 is 0 Å². The fourth-order valence-corrected chi connectivity index (χ4v) is 3.08. The fraction of sp³-hybridized carbons (Fsp3) is 0.263. The third kappa shape index (κ3) is 4.02. The summed E-state index contributed by atoms with van der Waals surface area (Å²) in [5.41, 5.74) is 1.93. The first-order valence-electron chi connectivity index (χ1n) is 8.08. The zero-order valence-corrected chi connectivity index (χ0v) is 15.7. The normalized spacial score (nSPS) is 13.4. The summed E-state index contributed by atoms with van der Waals surface area (Å²) in [7, 11) is 0. The van der Waals surface area contributed by atoms with Crippen LogP contribution >= 0.6 is 15.9 Å². The Morgan fingerprint density at radius 1 is 1.28 bits per heavy atom. The summed E-state index contributed by atoms with van der Waals surface area (Å²) < 4.78 is 6.39. The van der Waals surface area contributed by atoms with Gasteiger partial charge in [0.1, 0.15) is 5.75 Å². The lowest BCUT2D eigenvalue weighted by Gasteiger charge is -2.31. The molecule has 0 bridgehead atoms. The molecule has 2 aromatic carbocycles. The Balaban J connectivity index is 1.81. The van der Waals surface area contributed by atoms with Crippen LogP contribution in [0.2, 0.25) is 0 Å². The van der Waals surface area contributed by atoms with Crippen molar-refractivity contribution in [3.05, 3.63) is 52.5 Å². The number of fused-ring (bicyclic) bond motifs is 1. The minimum Gasteiger partial charge on any atom is -0.481 e. The maximum absolute atomic E-state index is 12.4. The molecule has 0 radical (unpaired) electrons. The molecule has 3 rings (SSSR count). The molecule has 2 amide bonds. The van der Waals surface area contributed by atoms with Gasteiger partial charge in [-0.25, -0.2) is 0 Å². The Kier molecular flexibility index (Phi) is 5.08. The molecule has 2 aromatic rings. The van der Waals surface area contributed by atoms with Gasteiger partial charge in [-0.3, -0.25) is 9.59 Å². The van der Waals surface area contributed by atoms with E-state index in [-0.39, 0.29) is 18.4 Å². The van der Waals surface area contributed by atoms with E-state index < -0.39 is 0 Å². The molecule has 0 saturated heterocycles. The standard InChI is InChI=1S/C19H19BrN2O3/c1-12(2)10-22-16-7-6-15(9-17(16)25-11-18(22)23)21-19(24)13-4-3-5-14(20)8-13/h3-9,12H,10-11H2,1-2H3,(H,21,24). The Labute approximate surface area is 155 Å². The highest BCUT2D eigenvalue weighted by molar-refractivity contribution is 9.10. The second kappa shape index (κ2) is 7.27. The molecule has 1 heterocycles. The predicted octanol–water partition coefficient (Wildman–Crippen LogP) is 4.08. The van der Waals surface area contributed by atoms with Gasteiger partial charge in [-0.15, -0.1) is 0 Å². The third-order valence-electron chi connectivity index (χ3n) is 3.80. The highest BCUT2D eigenvalue weighted by Gasteiger charge is 2.26. The van der Waals surface area contributed by atoms with Crippen molar-refractivity contribution >= 4 is 39.1 Å². The molecule has 130 valence electrons. The molecule has 1 N–H and O–H groups in total. The molecule has 6 heteroatoms. The van der Waals surface area contributed by atoms with Gasteiger partial charge in [0.05, 0.1) is 5.69 Å². The maximum Gasteiger partial charge on any atom is 0.265 e. The SMILES string of the molecule is CC(C)CN1C(=O)COc2cc(NC(=O)c3cccc(Br)c3)ccc21. The summed E-state index contributed by atoms with van der Waals surface area (Å²) in [6.45, 7) is 4.78. The van der Waals surface area contributed by atoms with E-state index in [2.05, 4.69) is 35.1 Å². The zero-order valence-electron chi connectivity index (χ0n) is 14.1. The minimum absolute atomic E-state index is 0.0166. The lowest BCUT2D eigenvalue weighted by molar-refractivity contribution is -0.121. The van der Waals surface area contributed by atoms with Crippen LogP contribution in [0.1, 0.15) is 24.2 Å². The van der Waals surface area contributed by atoms with Crippen LogP contribution in [0, 0.1) is 5.92 Å². The monoisotopic (exact) mass is 402 g/mol. The van der Waals surface area contributed by atoms with E-state index in [4.69, 9.17) is 4.74 Å². The number of halogens is 1. The van der Waals surface area contributed by atoms with Gasteiger partial charge in [0.15, 0.2) is 6.61 Å². The van der Waals surface area contributed by atoms with Gasteiger partial charge in [-0.2, -0.15) is 0 Å². The van der Waals surface area contributed by atoms with Crippen molar-refractivity contribution in [2.75, 3.05) is 23.4 Å². The van der Waals surface area contributed by atoms with E-state index in [0.29, 0.717) is 29.5 Å². The largest absolute Gasteiger partial charge is 0.481 e. The van der Waals surface area contributed by atoms with Crippen molar-refractivity contribution in [2.45, 2.75) is 13.8 Å². The fourth-order valence-electron chi connectivity index (χ4n) is 2.68. The Hall–Kier alpha value is -2.34. The molecule has 0 unspecified atom stereocenters. The van der Waals surface area contributed by atoms with Gasteiger partial charge < -0.3 is 15.0 Å². The molecular weight excluding hydrogens is 384 g/mol. The number of hydrogen-bond acceptors (Lipinski definition) is 3. The van der Waals surface area contributed by atoms with Crippen LogP contribution < -0.4 is 15.0 Å². The lowest BCUT2D eigenvalue weighted by Crippen LogP contribution is -2.40. The van der Waals surface area contributed by atoms with Gasteiger partial charge in [0.2, 0.25) is 0 Å². The molecule has 0 spiro atoms. The summed E-state index contributed by atoms with van der Waals surface area (Å²) in [6, 6.07) is 12.5. The number of nitrogens with one attached hydrogen (secondary N) is 1. The maximum atomic E-state index is 12.4. The Morgan fingerprint density at radius 3 is 2.80 bits per heavy atom. The van der Waals surface area contributed by atoms with E-state index in [1.165, 1.54) is 0 Å². The summed E-state index contributed by atoms with van der Waals surface area (Å²) in [5, 5.41) is 2.86. The molecule has 0 saturated carbocycles. The third-order valence-corrected chi connectivity index (χ3v) is 4.29. The number of hydrogen-bond donors (Lipinski definition) is 1. The van der Waals surface area contributed by atoms with Gasteiger partial charge in [0.25, 0.3) is 11.8 Å². The molecule has 25 heavy (non-hydrogen) atoms. The van der Waals surface area contributed by atoms with E-state index in [1.807, 2.05) is 18.2 Å². The molecule has 0 aliphatic carbocycles.